The van der Waals surface area contributed by atoms with Crippen LogP contribution in [0.3, 0.4) is 0 Å². The molecule has 0 saturated carbocycles. The lowest BCUT2D eigenvalue weighted by Gasteiger charge is -2.13. The van der Waals surface area contributed by atoms with Gasteiger partial charge in [0.25, 0.3) is 5.91 Å². The molecule has 0 radical (unpaired) electrons. The molecule has 1 N–H and O–H groups in total. The van der Waals surface area contributed by atoms with Crippen LogP contribution < -0.4 is 10.2 Å². The van der Waals surface area contributed by atoms with Crippen molar-refractivity contribution in [1.29, 1.82) is 0 Å². The second-order valence-corrected chi connectivity index (χ2v) is 5.22. The Kier molecular flexibility index (Phi) is 4.86. The maximum Gasteiger partial charge on any atom is 0.329 e. The van der Waals surface area contributed by atoms with Gasteiger partial charge in [-0.05, 0) is 31.0 Å². The van der Waals surface area contributed by atoms with E-state index in [1.54, 1.807) is 19.2 Å². The first-order chi connectivity index (χ1) is 9.54. The molecule has 0 aromatic heterocycles. The van der Waals surface area contributed by atoms with Crippen LogP contribution in [0.25, 0.3) is 0 Å². The van der Waals surface area contributed by atoms with Crippen LogP contribution in [0.2, 0.25) is 10.0 Å². The Hall–Kier alpha value is -1.30. The summed E-state index contributed by atoms with van der Waals surface area (Å²) >= 11 is 11.7. The van der Waals surface area contributed by atoms with Gasteiger partial charge in [0, 0.05) is 13.7 Å². The summed E-state index contributed by atoms with van der Waals surface area (Å²) in [5.74, 6) is -0.288. The highest BCUT2D eigenvalue weighted by molar-refractivity contribution is 6.42. The van der Waals surface area contributed by atoms with Gasteiger partial charge in [0.15, 0.2) is 0 Å². The van der Waals surface area contributed by atoms with Crippen molar-refractivity contribution in [2.75, 3.05) is 18.6 Å². The van der Waals surface area contributed by atoms with Crippen LogP contribution >= 0.6 is 23.2 Å². The van der Waals surface area contributed by atoms with E-state index in [1.807, 2.05) is 0 Å². The number of hydrogen-bond donors (Lipinski definition) is 1. The van der Waals surface area contributed by atoms with E-state index in [0.717, 1.165) is 4.90 Å². The van der Waals surface area contributed by atoms with Crippen LogP contribution in [0, 0.1) is 0 Å². The quantitative estimate of drug-likeness (QED) is 0.671. The molecule has 1 aromatic rings. The maximum atomic E-state index is 12.2. The largest absolute Gasteiger partial charge is 0.385 e. The van der Waals surface area contributed by atoms with Crippen LogP contribution in [0.4, 0.5) is 10.5 Å². The van der Waals surface area contributed by atoms with Gasteiger partial charge in [-0.3, -0.25) is 4.79 Å². The number of nitrogens with one attached hydrogen (secondary N) is 1. The standard InChI is InChI=1S/C13H14Cl2N2O3/c1-20-6-2-3-11-12(18)17(13(19)16-11)8-4-5-9(14)10(15)7-8/h4-5,7,11H,2-3,6H2,1H3,(H,16,19). The number of carbonyl (C=O) groups excluding carboxylic acids is 2. The average Bonchev–Trinajstić information content (AvgIpc) is 2.69. The van der Waals surface area contributed by atoms with Gasteiger partial charge in [0.2, 0.25) is 0 Å². The Morgan fingerprint density at radius 1 is 1.30 bits per heavy atom. The Bertz CT molecular complexity index is 536. The number of carbonyl (C=O) groups is 2. The first kappa shape index (κ1) is 15.1. The second kappa shape index (κ2) is 6.43. The van der Waals surface area contributed by atoms with Crippen LogP contribution in [0.5, 0.6) is 0 Å². The summed E-state index contributed by atoms with van der Waals surface area (Å²) in [6, 6.07) is 3.67. The number of rotatable bonds is 5. The summed E-state index contributed by atoms with van der Waals surface area (Å²) in [7, 11) is 1.59. The third kappa shape index (κ3) is 3.06. The van der Waals surface area contributed by atoms with Crippen molar-refractivity contribution in [3.05, 3.63) is 28.2 Å². The van der Waals surface area contributed by atoms with Crippen molar-refractivity contribution in [3.63, 3.8) is 0 Å². The number of nitrogens with zero attached hydrogens (tertiary/aromatic N) is 1. The van der Waals surface area contributed by atoms with Crippen molar-refractivity contribution in [2.45, 2.75) is 18.9 Å². The average molecular weight is 317 g/mol. The van der Waals surface area contributed by atoms with Crippen LogP contribution in [-0.2, 0) is 9.53 Å². The number of methoxy groups -OCH3 is 1. The first-order valence-corrected chi connectivity index (χ1v) is 6.88. The SMILES string of the molecule is COCCCC1NC(=O)N(c2ccc(Cl)c(Cl)c2)C1=O. The van der Waals surface area contributed by atoms with Crippen molar-refractivity contribution in [2.24, 2.45) is 0 Å². The van der Waals surface area contributed by atoms with Crippen LogP contribution in [-0.4, -0.2) is 31.7 Å². The monoisotopic (exact) mass is 316 g/mol. The molecule has 108 valence electrons. The van der Waals surface area contributed by atoms with Gasteiger partial charge >= 0.3 is 6.03 Å². The molecule has 1 unspecified atom stereocenters. The van der Waals surface area contributed by atoms with Crippen molar-refractivity contribution < 1.29 is 14.3 Å². The van der Waals surface area contributed by atoms with Gasteiger partial charge in [-0.25, -0.2) is 9.69 Å². The van der Waals surface area contributed by atoms with E-state index < -0.39 is 12.1 Å². The predicted molar refractivity (Wildman–Crippen MR) is 77.4 cm³/mol. The van der Waals surface area contributed by atoms with Crippen molar-refractivity contribution in [1.82, 2.24) is 5.32 Å². The molecule has 1 aliphatic heterocycles. The smallest absolute Gasteiger partial charge is 0.329 e. The minimum absolute atomic E-state index is 0.288. The fourth-order valence-electron chi connectivity index (χ4n) is 2.03. The molecule has 0 bridgehead atoms. The zero-order valence-electron chi connectivity index (χ0n) is 10.9. The Morgan fingerprint density at radius 3 is 2.70 bits per heavy atom. The van der Waals surface area contributed by atoms with Crippen LogP contribution in [0.1, 0.15) is 12.8 Å². The first-order valence-electron chi connectivity index (χ1n) is 6.13. The highest BCUT2D eigenvalue weighted by Gasteiger charge is 2.38. The van der Waals surface area contributed by atoms with E-state index in [1.165, 1.54) is 6.07 Å². The minimum atomic E-state index is -0.521. The molecule has 1 fully saturated rings. The molecule has 0 spiro atoms. The highest BCUT2D eigenvalue weighted by atomic mass is 35.5. The lowest BCUT2D eigenvalue weighted by Crippen LogP contribution is -2.31. The summed E-state index contributed by atoms with van der Waals surface area (Å²) in [5, 5.41) is 3.32. The van der Waals surface area contributed by atoms with E-state index >= 15 is 0 Å². The van der Waals surface area contributed by atoms with Gasteiger partial charge < -0.3 is 10.1 Å². The zero-order valence-corrected chi connectivity index (χ0v) is 12.4. The number of benzene rings is 1. The molecule has 1 aromatic carbocycles. The number of ether oxygens (including phenoxy) is 1. The topological polar surface area (TPSA) is 58.6 Å². The number of imide groups is 1. The molecule has 20 heavy (non-hydrogen) atoms. The lowest BCUT2D eigenvalue weighted by molar-refractivity contribution is -0.118. The summed E-state index contributed by atoms with van der Waals surface area (Å²) < 4.78 is 4.93. The van der Waals surface area contributed by atoms with Crippen molar-refractivity contribution in [3.8, 4) is 0 Å². The minimum Gasteiger partial charge on any atom is -0.385 e. The lowest BCUT2D eigenvalue weighted by atomic mass is 10.1. The third-order valence-electron chi connectivity index (χ3n) is 3.02. The number of amides is 3. The fourth-order valence-corrected chi connectivity index (χ4v) is 2.32. The molecule has 1 atom stereocenters. The fraction of sp³-hybridized carbons (Fsp3) is 0.385. The Labute approximate surface area is 126 Å². The van der Waals surface area contributed by atoms with Gasteiger partial charge in [-0.1, -0.05) is 23.2 Å². The maximum absolute atomic E-state index is 12.2. The molecule has 1 aliphatic rings. The van der Waals surface area contributed by atoms with Gasteiger partial charge in [0.1, 0.15) is 6.04 Å². The molecular formula is C13H14Cl2N2O3. The number of hydrogen-bond acceptors (Lipinski definition) is 3. The number of halogens is 2. The molecular weight excluding hydrogens is 303 g/mol. The normalized spacial score (nSPS) is 18.6. The summed E-state index contributed by atoms with van der Waals surface area (Å²) in [4.78, 5) is 25.2. The molecule has 7 heteroatoms. The molecule has 5 nitrogen and oxygen atoms in total. The second-order valence-electron chi connectivity index (χ2n) is 4.41. The molecule has 3 amide bonds. The summed E-state index contributed by atoms with van der Waals surface area (Å²) in [6.45, 7) is 0.548. The molecule has 1 saturated heterocycles. The van der Waals surface area contributed by atoms with Crippen molar-refractivity contribution >= 4 is 40.8 Å². The zero-order chi connectivity index (χ0) is 14.7. The van der Waals surface area contributed by atoms with E-state index in [2.05, 4.69) is 5.32 Å². The van der Waals surface area contributed by atoms with E-state index in [-0.39, 0.29) is 5.91 Å². The van der Waals surface area contributed by atoms with E-state index in [0.29, 0.717) is 35.2 Å². The molecule has 2 rings (SSSR count). The van der Waals surface area contributed by atoms with Gasteiger partial charge in [-0.2, -0.15) is 0 Å². The number of urea groups is 1. The Balaban J connectivity index is 2.14. The van der Waals surface area contributed by atoms with Gasteiger partial charge in [0.05, 0.1) is 15.7 Å². The summed E-state index contributed by atoms with van der Waals surface area (Å²) in [6.07, 6.45) is 1.23. The van der Waals surface area contributed by atoms with Crippen LogP contribution in [0.15, 0.2) is 18.2 Å². The number of anilines is 1. The predicted octanol–water partition coefficient (Wildman–Crippen LogP) is 2.84. The molecule has 0 aliphatic carbocycles. The molecule has 1 heterocycles. The van der Waals surface area contributed by atoms with E-state index in [4.69, 9.17) is 27.9 Å². The van der Waals surface area contributed by atoms with E-state index in [9.17, 15) is 9.59 Å². The third-order valence-corrected chi connectivity index (χ3v) is 3.76. The highest BCUT2D eigenvalue weighted by Crippen LogP contribution is 2.29. The Morgan fingerprint density at radius 2 is 2.05 bits per heavy atom. The summed E-state index contributed by atoms with van der Waals surface area (Å²) in [5.41, 5.74) is 0.413. The van der Waals surface area contributed by atoms with Gasteiger partial charge in [-0.15, -0.1) is 0 Å².